The van der Waals surface area contributed by atoms with E-state index in [-0.39, 0.29) is 5.92 Å². The summed E-state index contributed by atoms with van der Waals surface area (Å²) in [6.07, 6.45) is 8.28. The molecule has 0 bridgehead atoms. The number of allylic oxidation sites excluding steroid dienone is 8. The molecular formula is C15H19NO2. The Morgan fingerprint density at radius 2 is 1.72 bits per heavy atom. The maximum absolute atomic E-state index is 10.5. The van der Waals surface area contributed by atoms with E-state index in [1.54, 1.807) is 12.2 Å². The number of hydrogen-bond acceptors (Lipinski definition) is 3. The highest BCUT2D eigenvalue weighted by Gasteiger charge is 2.28. The molecule has 0 spiro atoms. The first-order chi connectivity index (χ1) is 8.54. The zero-order valence-corrected chi connectivity index (χ0v) is 11.1. The summed E-state index contributed by atoms with van der Waals surface area (Å²) in [5.74, 6) is 1.19. The van der Waals surface area contributed by atoms with Gasteiger partial charge in [0, 0.05) is 5.92 Å². The predicted octanol–water partition coefficient (Wildman–Crippen LogP) is 4.26. The lowest BCUT2D eigenvalue weighted by Crippen LogP contribution is -2.20. The Balaban J connectivity index is 2.35. The second-order valence-corrected chi connectivity index (χ2v) is 5.27. The molecule has 0 heterocycles. The maximum atomic E-state index is 10.5. The van der Waals surface area contributed by atoms with Crippen molar-refractivity contribution in [1.29, 1.82) is 0 Å². The predicted molar refractivity (Wildman–Crippen MR) is 72.9 cm³/mol. The second kappa shape index (κ2) is 4.92. The van der Waals surface area contributed by atoms with Gasteiger partial charge in [0.2, 0.25) is 0 Å². The molecule has 96 valence electrons. The van der Waals surface area contributed by atoms with Crippen molar-refractivity contribution in [2.24, 2.45) is 22.9 Å². The van der Waals surface area contributed by atoms with Crippen LogP contribution in [0.4, 0.5) is 0 Å². The Bertz CT molecular complexity index is 483. The van der Waals surface area contributed by atoms with Crippen molar-refractivity contribution < 1.29 is 5.11 Å². The summed E-state index contributed by atoms with van der Waals surface area (Å²) >= 11 is 0. The van der Waals surface area contributed by atoms with Crippen LogP contribution in [0.2, 0.25) is 0 Å². The second-order valence-electron chi connectivity index (χ2n) is 5.27. The summed E-state index contributed by atoms with van der Waals surface area (Å²) in [7, 11) is 0. The third kappa shape index (κ3) is 2.17. The third-order valence-electron chi connectivity index (χ3n) is 4.09. The monoisotopic (exact) mass is 245 g/mol. The number of hydrogen-bond donors (Lipinski definition) is 1. The van der Waals surface area contributed by atoms with Gasteiger partial charge in [0.05, 0.1) is 11.5 Å². The van der Waals surface area contributed by atoms with Crippen LogP contribution in [0.3, 0.4) is 0 Å². The summed E-state index contributed by atoms with van der Waals surface area (Å²) in [5.41, 5.74) is 3.13. The standard InChI is InChI=1S/C15H19NO2/c1-9-8-12(16-18)4-5-13(9)14-6-7-15(17)11(3)10(14)2/h4-7,9-11,17H,8H2,1-3H3/t9-,10+,11?/m1/s1. The molecule has 0 aliphatic heterocycles. The number of aliphatic hydroxyl groups is 1. The van der Waals surface area contributed by atoms with E-state index < -0.39 is 0 Å². The van der Waals surface area contributed by atoms with Crippen LogP contribution in [0.25, 0.3) is 0 Å². The van der Waals surface area contributed by atoms with Gasteiger partial charge in [0.1, 0.15) is 0 Å². The summed E-state index contributed by atoms with van der Waals surface area (Å²) in [4.78, 5) is 10.5. The van der Waals surface area contributed by atoms with Crippen LogP contribution in [0, 0.1) is 22.7 Å². The largest absolute Gasteiger partial charge is 0.512 e. The van der Waals surface area contributed by atoms with Gasteiger partial charge < -0.3 is 5.11 Å². The molecule has 2 aliphatic rings. The van der Waals surface area contributed by atoms with Crippen molar-refractivity contribution >= 4 is 0 Å². The SMILES string of the molecule is CC1C(O)=CC=C(C2=CC=C(N=O)C[C@H]2C)[C@H]1C. The minimum absolute atomic E-state index is 0.146. The molecule has 3 nitrogen and oxygen atoms in total. The van der Waals surface area contributed by atoms with Gasteiger partial charge in [-0.05, 0) is 46.7 Å². The highest BCUT2D eigenvalue weighted by molar-refractivity contribution is 5.45. The molecule has 2 rings (SSSR count). The molecule has 0 amide bonds. The normalized spacial score (nSPS) is 32.1. The molecule has 3 heteroatoms. The summed E-state index contributed by atoms with van der Waals surface area (Å²) < 4.78 is 0. The van der Waals surface area contributed by atoms with E-state index in [0.29, 0.717) is 29.7 Å². The molecule has 0 radical (unpaired) electrons. The fraction of sp³-hybridized carbons (Fsp3) is 0.467. The van der Waals surface area contributed by atoms with Crippen LogP contribution in [0.5, 0.6) is 0 Å². The molecule has 3 atom stereocenters. The molecule has 1 unspecified atom stereocenters. The average Bonchev–Trinajstić information content (AvgIpc) is 2.37. The highest BCUT2D eigenvalue weighted by atomic mass is 16.3. The number of rotatable bonds is 2. The van der Waals surface area contributed by atoms with Gasteiger partial charge in [0.15, 0.2) is 0 Å². The Morgan fingerprint density at radius 3 is 2.33 bits per heavy atom. The number of nitrogens with zero attached hydrogens (tertiary/aromatic N) is 1. The quantitative estimate of drug-likeness (QED) is 0.739. The first-order valence-electron chi connectivity index (χ1n) is 6.39. The lowest BCUT2D eigenvalue weighted by atomic mass is 9.75. The minimum Gasteiger partial charge on any atom is -0.512 e. The van der Waals surface area contributed by atoms with Crippen LogP contribution in [0.15, 0.2) is 52.1 Å². The van der Waals surface area contributed by atoms with Crippen molar-refractivity contribution in [3.63, 3.8) is 0 Å². The lowest BCUT2D eigenvalue weighted by molar-refractivity contribution is 0.299. The summed E-state index contributed by atoms with van der Waals surface area (Å²) in [6, 6.07) is 0. The molecule has 0 aromatic rings. The van der Waals surface area contributed by atoms with Gasteiger partial charge in [-0.3, -0.25) is 0 Å². The van der Waals surface area contributed by atoms with Gasteiger partial charge in [0.25, 0.3) is 0 Å². The molecule has 18 heavy (non-hydrogen) atoms. The van der Waals surface area contributed by atoms with Crippen molar-refractivity contribution in [2.75, 3.05) is 0 Å². The van der Waals surface area contributed by atoms with E-state index in [9.17, 15) is 10.0 Å². The first kappa shape index (κ1) is 12.8. The van der Waals surface area contributed by atoms with Gasteiger partial charge in [-0.2, -0.15) is 0 Å². The minimum atomic E-state index is 0.146. The molecule has 2 aliphatic carbocycles. The Morgan fingerprint density at radius 1 is 1.06 bits per heavy atom. The van der Waals surface area contributed by atoms with E-state index in [1.807, 2.05) is 19.1 Å². The van der Waals surface area contributed by atoms with Crippen molar-refractivity contribution in [1.82, 2.24) is 0 Å². The lowest BCUT2D eigenvalue weighted by Gasteiger charge is -2.30. The van der Waals surface area contributed by atoms with E-state index in [4.69, 9.17) is 0 Å². The van der Waals surface area contributed by atoms with Crippen molar-refractivity contribution in [3.8, 4) is 0 Å². The zero-order chi connectivity index (χ0) is 13.3. The third-order valence-corrected chi connectivity index (χ3v) is 4.09. The number of nitroso groups, excluding NO2 is 1. The fourth-order valence-electron chi connectivity index (χ4n) is 2.65. The van der Waals surface area contributed by atoms with E-state index >= 15 is 0 Å². The van der Waals surface area contributed by atoms with Gasteiger partial charge in [-0.25, -0.2) is 0 Å². The molecule has 0 aromatic heterocycles. The van der Waals surface area contributed by atoms with Crippen molar-refractivity contribution in [2.45, 2.75) is 27.2 Å². The van der Waals surface area contributed by atoms with Crippen LogP contribution in [0.1, 0.15) is 27.2 Å². The molecule has 0 fully saturated rings. The first-order valence-corrected chi connectivity index (χ1v) is 6.39. The summed E-state index contributed by atoms with van der Waals surface area (Å²) in [5, 5.41) is 12.8. The number of aliphatic hydroxyl groups excluding tert-OH is 1. The average molecular weight is 245 g/mol. The van der Waals surface area contributed by atoms with Crippen molar-refractivity contribution in [3.05, 3.63) is 51.8 Å². The van der Waals surface area contributed by atoms with E-state index in [0.717, 1.165) is 0 Å². The zero-order valence-electron chi connectivity index (χ0n) is 11.1. The van der Waals surface area contributed by atoms with Gasteiger partial charge in [-0.15, -0.1) is 4.91 Å². The van der Waals surface area contributed by atoms with Gasteiger partial charge in [-0.1, -0.05) is 32.9 Å². The molecule has 0 saturated carbocycles. The van der Waals surface area contributed by atoms with E-state index in [1.165, 1.54) is 11.1 Å². The fourth-order valence-corrected chi connectivity index (χ4v) is 2.65. The Kier molecular flexibility index (Phi) is 3.50. The van der Waals surface area contributed by atoms with Crippen LogP contribution < -0.4 is 0 Å². The van der Waals surface area contributed by atoms with Crippen LogP contribution >= 0.6 is 0 Å². The molecule has 0 aromatic carbocycles. The highest BCUT2D eigenvalue weighted by Crippen LogP contribution is 2.39. The molecule has 0 saturated heterocycles. The topological polar surface area (TPSA) is 49.7 Å². The smallest absolute Gasteiger partial charge is 0.0956 e. The van der Waals surface area contributed by atoms with E-state index in [2.05, 4.69) is 19.0 Å². The van der Waals surface area contributed by atoms with Crippen LogP contribution in [-0.2, 0) is 0 Å². The van der Waals surface area contributed by atoms with Gasteiger partial charge >= 0.3 is 0 Å². The molecular weight excluding hydrogens is 226 g/mol. The Hall–Kier alpha value is -1.64. The van der Waals surface area contributed by atoms with Crippen LogP contribution in [-0.4, -0.2) is 5.11 Å². The molecule has 1 N–H and O–H groups in total. The Labute approximate surface area is 108 Å². The summed E-state index contributed by atoms with van der Waals surface area (Å²) in [6.45, 7) is 6.27. The maximum Gasteiger partial charge on any atom is 0.0956 e.